The van der Waals surface area contributed by atoms with Crippen molar-refractivity contribution in [2.45, 2.75) is 19.8 Å². The van der Waals surface area contributed by atoms with Crippen LogP contribution >= 0.6 is 0 Å². The van der Waals surface area contributed by atoms with Gasteiger partial charge in [-0.2, -0.15) is 0 Å². The molecule has 1 aromatic carbocycles. The number of hydrogen-bond acceptors (Lipinski definition) is 4. The fourth-order valence-electron chi connectivity index (χ4n) is 2.15. The standard InChI is InChI=1S/C17H26N2O4/c1-13(2)14-7-5-6-8-15(14)18-16(20)17(21)19(9-11-22-3)10-12-23-4/h5-8,13H,9-12H2,1-4H3,(H,18,20). The third-order valence-corrected chi connectivity index (χ3v) is 3.44. The van der Waals surface area contributed by atoms with Crippen LogP contribution in [-0.4, -0.2) is 57.2 Å². The Kier molecular flexibility index (Phi) is 8.29. The molecule has 0 bridgehead atoms. The third-order valence-electron chi connectivity index (χ3n) is 3.44. The molecule has 2 amide bonds. The van der Waals surface area contributed by atoms with Gasteiger partial charge in [0.05, 0.1) is 13.2 Å². The maximum Gasteiger partial charge on any atom is 0.313 e. The lowest BCUT2D eigenvalue weighted by molar-refractivity contribution is -0.144. The molecule has 1 rings (SSSR count). The largest absolute Gasteiger partial charge is 0.383 e. The van der Waals surface area contributed by atoms with E-state index < -0.39 is 11.8 Å². The van der Waals surface area contributed by atoms with Crippen molar-refractivity contribution in [1.82, 2.24) is 4.90 Å². The summed E-state index contributed by atoms with van der Waals surface area (Å²) in [5, 5.41) is 2.71. The first-order valence-electron chi connectivity index (χ1n) is 7.68. The number of ether oxygens (including phenoxy) is 2. The van der Waals surface area contributed by atoms with Crippen LogP contribution in [0.3, 0.4) is 0 Å². The second-order valence-corrected chi connectivity index (χ2v) is 5.47. The van der Waals surface area contributed by atoms with Crippen LogP contribution in [-0.2, 0) is 19.1 Å². The van der Waals surface area contributed by atoms with E-state index in [0.717, 1.165) is 5.56 Å². The zero-order valence-electron chi connectivity index (χ0n) is 14.3. The highest BCUT2D eigenvalue weighted by atomic mass is 16.5. The monoisotopic (exact) mass is 322 g/mol. The molecule has 0 saturated heterocycles. The molecule has 0 spiro atoms. The van der Waals surface area contributed by atoms with Crippen molar-refractivity contribution >= 4 is 17.5 Å². The van der Waals surface area contributed by atoms with E-state index in [2.05, 4.69) is 5.32 Å². The summed E-state index contributed by atoms with van der Waals surface area (Å²) in [5.41, 5.74) is 1.66. The van der Waals surface area contributed by atoms with Gasteiger partial charge in [-0.25, -0.2) is 0 Å². The summed E-state index contributed by atoms with van der Waals surface area (Å²) in [6.07, 6.45) is 0. The summed E-state index contributed by atoms with van der Waals surface area (Å²) in [7, 11) is 3.11. The first-order chi connectivity index (χ1) is 11.0. The number of hydrogen-bond donors (Lipinski definition) is 1. The van der Waals surface area contributed by atoms with E-state index >= 15 is 0 Å². The molecule has 0 aliphatic heterocycles. The second kappa shape index (κ2) is 9.97. The maximum atomic E-state index is 12.3. The van der Waals surface area contributed by atoms with E-state index in [1.54, 1.807) is 20.3 Å². The van der Waals surface area contributed by atoms with Gasteiger partial charge in [0.2, 0.25) is 0 Å². The topological polar surface area (TPSA) is 67.9 Å². The van der Waals surface area contributed by atoms with Crippen LogP contribution in [0.5, 0.6) is 0 Å². The Balaban J connectivity index is 2.79. The number of carbonyl (C=O) groups is 2. The van der Waals surface area contributed by atoms with Crippen molar-refractivity contribution in [2.24, 2.45) is 0 Å². The summed E-state index contributed by atoms with van der Waals surface area (Å²) in [5.74, 6) is -0.984. The SMILES string of the molecule is COCCN(CCOC)C(=O)C(=O)Nc1ccccc1C(C)C. The highest BCUT2D eigenvalue weighted by molar-refractivity contribution is 6.39. The van der Waals surface area contributed by atoms with E-state index in [-0.39, 0.29) is 5.92 Å². The quantitative estimate of drug-likeness (QED) is 0.742. The lowest BCUT2D eigenvalue weighted by Crippen LogP contribution is -2.43. The Morgan fingerprint density at radius 2 is 1.65 bits per heavy atom. The molecule has 0 unspecified atom stereocenters. The second-order valence-electron chi connectivity index (χ2n) is 5.47. The summed E-state index contributed by atoms with van der Waals surface area (Å²) < 4.78 is 9.97. The van der Waals surface area contributed by atoms with E-state index in [1.165, 1.54) is 4.90 Å². The number of nitrogens with one attached hydrogen (secondary N) is 1. The minimum atomic E-state index is -0.648. The summed E-state index contributed by atoms with van der Waals surface area (Å²) in [6, 6.07) is 7.49. The van der Waals surface area contributed by atoms with Crippen LogP contribution < -0.4 is 5.32 Å². The minimum absolute atomic E-state index is 0.250. The van der Waals surface area contributed by atoms with Crippen LogP contribution in [0.25, 0.3) is 0 Å². The van der Waals surface area contributed by atoms with Gasteiger partial charge in [0, 0.05) is 33.0 Å². The van der Waals surface area contributed by atoms with Gasteiger partial charge >= 0.3 is 11.8 Å². The van der Waals surface area contributed by atoms with Crippen molar-refractivity contribution in [3.05, 3.63) is 29.8 Å². The zero-order chi connectivity index (χ0) is 17.2. The molecule has 6 nitrogen and oxygen atoms in total. The molecule has 0 heterocycles. The Morgan fingerprint density at radius 3 is 2.17 bits per heavy atom. The number of nitrogens with zero attached hydrogens (tertiary/aromatic N) is 1. The van der Waals surface area contributed by atoms with Crippen molar-refractivity contribution in [2.75, 3.05) is 45.8 Å². The van der Waals surface area contributed by atoms with Crippen molar-refractivity contribution in [3.63, 3.8) is 0 Å². The predicted octanol–water partition coefficient (Wildman–Crippen LogP) is 1.87. The lowest BCUT2D eigenvalue weighted by Gasteiger charge is -2.22. The number of methoxy groups -OCH3 is 2. The van der Waals surface area contributed by atoms with E-state index in [0.29, 0.717) is 32.0 Å². The van der Waals surface area contributed by atoms with E-state index in [4.69, 9.17) is 9.47 Å². The van der Waals surface area contributed by atoms with Crippen LogP contribution in [0.4, 0.5) is 5.69 Å². The maximum absolute atomic E-state index is 12.3. The molecular weight excluding hydrogens is 296 g/mol. The fourth-order valence-corrected chi connectivity index (χ4v) is 2.15. The smallest absolute Gasteiger partial charge is 0.313 e. The Bertz CT molecular complexity index is 509. The van der Waals surface area contributed by atoms with Crippen molar-refractivity contribution < 1.29 is 19.1 Å². The summed E-state index contributed by atoms with van der Waals surface area (Å²) in [6.45, 7) is 5.50. The fraction of sp³-hybridized carbons (Fsp3) is 0.529. The zero-order valence-corrected chi connectivity index (χ0v) is 14.3. The minimum Gasteiger partial charge on any atom is -0.383 e. The number of anilines is 1. The van der Waals surface area contributed by atoms with Crippen LogP contribution in [0.15, 0.2) is 24.3 Å². The van der Waals surface area contributed by atoms with Gasteiger partial charge in [-0.05, 0) is 17.5 Å². The molecular formula is C17H26N2O4. The first kappa shape index (κ1) is 19.1. The summed E-state index contributed by atoms with van der Waals surface area (Å²) in [4.78, 5) is 26.0. The molecule has 23 heavy (non-hydrogen) atoms. The normalized spacial score (nSPS) is 10.7. The van der Waals surface area contributed by atoms with Gasteiger partial charge in [-0.3, -0.25) is 9.59 Å². The predicted molar refractivity (Wildman–Crippen MR) is 89.5 cm³/mol. The van der Waals surface area contributed by atoms with E-state index in [9.17, 15) is 9.59 Å². The molecule has 128 valence electrons. The number of benzene rings is 1. The molecule has 1 N–H and O–H groups in total. The highest BCUT2D eigenvalue weighted by Gasteiger charge is 2.22. The van der Waals surface area contributed by atoms with E-state index in [1.807, 2.05) is 32.0 Å². The van der Waals surface area contributed by atoms with Crippen LogP contribution in [0.1, 0.15) is 25.3 Å². The Labute approximate surface area is 137 Å². The third kappa shape index (κ3) is 6.00. The van der Waals surface area contributed by atoms with Crippen LogP contribution in [0.2, 0.25) is 0 Å². The molecule has 0 saturated carbocycles. The van der Waals surface area contributed by atoms with Crippen LogP contribution in [0, 0.1) is 0 Å². The number of amides is 2. The molecule has 0 radical (unpaired) electrons. The lowest BCUT2D eigenvalue weighted by atomic mass is 10.0. The molecule has 1 aromatic rings. The van der Waals surface area contributed by atoms with Gasteiger partial charge in [0.15, 0.2) is 0 Å². The number of rotatable bonds is 8. The number of carbonyl (C=O) groups excluding carboxylic acids is 2. The Hall–Kier alpha value is -1.92. The molecule has 6 heteroatoms. The van der Waals surface area contributed by atoms with Gasteiger partial charge in [-0.15, -0.1) is 0 Å². The molecule has 0 aliphatic carbocycles. The van der Waals surface area contributed by atoms with Gasteiger partial charge in [0.25, 0.3) is 0 Å². The van der Waals surface area contributed by atoms with Gasteiger partial charge < -0.3 is 19.7 Å². The Morgan fingerprint density at radius 1 is 1.09 bits per heavy atom. The number of para-hydroxylation sites is 1. The van der Waals surface area contributed by atoms with Gasteiger partial charge in [-0.1, -0.05) is 32.0 Å². The first-order valence-corrected chi connectivity index (χ1v) is 7.68. The molecule has 0 fully saturated rings. The molecule has 0 aromatic heterocycles. The highest BCUT2D eigenvalue weighted by Crippen LogP contribution is 2.23. The van der Waals surface area contributed by atoms with Crippen molar-refractivity contribution in [3.8, 4) is 0 Å². The van der Waals surface area contributed by atoms with Gasteiger partial charge in [0.1, 0.15) is 0 Å². The van der Waals surface area contributed by atoms with Crippen molar-refractivity contribution in [1.29, 1.82) is 0 Å². The molecule has 0 atom stereocenters. The average molecular weight is 322 g/mol. The molecule has 0 aliphatic rings. The average Bonchev–Trinajstić information content (AvgIpc) is 2.54. The summed E-state index contributed by atoms with van der Waals surface area (Å²) >= 11 is 0.